The summed E-state index contributed by atoms with van der Waals surface area (Å²) in [4.78, 5) is 15.0. The van der Waals surface area contributed by atoms with Gasteiger partial charge in [-0.2, -0.15) is 0 Å². The van der Waals surface area contributed by atoms with E-state index in [9.17, 15) is 9.90 Å². The molecule has 0 aromatic carbocycles. The Balaban J connectivity index is 2.38. The molecule has 13 heavy (non-hydrogen) atoms. The van der Waals surface area contributed by atoms with Crippen LogP contribution in [0.25, 0.3) is 0 Å². The number of hydrogen-bond acceptors (Lipinski definition) is 5. The second-order valence-electron chi connectivity index (χ2n) is 3.76. The lowest BCUT2D eigenvalue weighted by Gasteiger charge is -2.25. The molecule has 0 aromatic rings. The van der Waals surface area contributed by atoms with Crippen molar-refractivity contribution >= 4 is 5.97 Å². The van der Waals surface area contributed by atoms with Crippen LogP contribution in [0.3, 0.4) is 0 Å². The summed E-state index contributed by atoms with van der Waals surface area (Å²) >= 11 is 0. The Bertz CT molecular complexity index is 197. The summed E-state index contributed by atoms with van der Waals surface area (Å²) in [5, 5.41) is 17.7. The highest BCUT2D eigenvalue weighted by Gasteiger charge is 2.38. The molecule has 0 spiro atoms. The van der Waals surface area contributed by atoms with Crippen molar-refractivity contribution in [3.8, 4) is 0 Å². The lowest BCUT2D eigenvalue weighted by Crippen LogP contribution is -2.41. The van der Waals surface area contributed by atoms with E-state index in [1.54, 1.807) is 0 Å². The first kappa shape index (κ1) is 10.4. The zero-order chi connectivity index (χ0) is 10.1. The maximum atomic E-state index is 11.1. The van der Waals surface area contributed by atoms with Crippen LogP contribution in [-0.4, -0.2) is 28.2 Å². The molecule has 1 saturated carbocycles. The molecule has 5 heteroatoms. The van der Waals surface area contributed by atoms with Crippen molar-refractivity contribution in [2.24, 2.45) is 5.92 Å². The number of aliphatic hydroxyl groups excluding tert-OH is 1. The van der Waals surface area contributed by atoms with E-state index < -0.39 is 17.9 Å². The van der Waals surface area contributed by atoms with Crippen molar-refractivity contribution in [3.63, 3.8) is 0 Å². The molecular formula is C8H14O5. The largest absolute Gasteiger partial charge is 0.432 e. The third-order valence-electron chi connectivity index (χ3n) is 1.97. The highest BCUT2D eigenvalue weighted by molar-refractivity contribution is 5.75. The maximum absolute atomic E-state index is 11.1. The predicted molar refractivity (Wildman–Crippen MR) is 42.6 cm³/mol. The second kappa shape index (κ2) is 3.61. The molecule has 0 bridgehead atoms. The van der Waals surface area contributed by atoms with Crippen LogP contribution in [0.1, 0.15) is 26.7 Å². The van der Waals surface area contributed by atoms with Crippen LogP contribution in [0.5, 0.6) is 0 Å². The van der Waals surface area contributed by atoms with Crippen LogP contribution in [-0.2, 0) is 14.4 Å². The first-order valence-corrected chi connectivity index (χ1v) is 4.18. The average Bonchev–Trinajstić information content (AvgIpc) is 2.86. The smallest absolute Gasteiger partial charge is 0.311 e. The van der Waals surface area contributed by atoms with E-state index in [2.05, 4.69) is 9.62 Å². The lowest BCUT2D eigenvalue weighted by molar-refractivity contribution is -0.359. The quantitative estimate of drug-likeness (QED) is 0.292. The molecule has 1 fully saturated rings. The van der Waals surface area contributed by atoms with E-state index in [0.29, 0.717) is 0 Å². The molecule has 0 amide bonds. The third kappa shape index (κ3) is 2.65. The average molecular weight is 190 g/mol. The highest BCUT2D eigenvalue weighted by atomic mass is 17.1. The van der Waals surface area contributed by atoms with Gasteiger partial charge < -0.3 is 9.84 Å². The first-order chi connectivity index (χ1) is 5.97. The van der Waals surface area contributed by atoms with Gasteiger partial charge in [0.1, 0.15) is 0 Å². The summed E-state index contributed by atoms with van der Waals surface area (Å²) in [5.41, 5.74) is -1.29. The summed E-state index contributed by atoms with van der Waals surface area (Å²) in [5.74, 6) is -0.512. The van der Waals surface area contributed by atoms with Gasteiger partial charge >= 0.3 is 5.97 Å². The molecule has 1 rings (SSSR count). The van der Waals surface area contributed by atoms with Crippen molar-refractivity contribution in [2.45, 2.75) is 38.6 Å². The van der Waals surface area contributed by atoms with Crippen LogP contribution >= 0.6 is 0 Å². The summed E-state index contributed by atoms with van der Waals surface area (Å²) in [7, 11) is 0. The van der Waals surface area contributed by atoms with E-state index in [4.69, 9.17) is 5.26 Å². The summed E-state index contributed by atoms with van der Waals surface area (Å²) in [6, 6.07) is 0. The number of esters is 1. The number of rotatable bonds is 4. The van der Waals surface area contributed by atoms with Crippen molar-refractivity contribution < 1.29 is 24.8 Å². The van der Waals surface area contributed by atoms with Crippen LogP contribution in [0.15, 0.2) is 0 Å². The minimum atomic E-state index is -1.44. The van der Waals surface area contributed by atoms with Crippen LogP contribution < -0.4 is 0 Å². The Hall–Kier alpha value is -0.650. The molecule has 1 atom stereocenters. The van der Waals surface area contributed by atoms with Gasteiger partial charge in [0.15, 0.2) is 5.60 Å². The summed E-state index contributed by atoms with van der Waals surface area (Å²) in [6.45, 7) is 2.83. The molecule has 0 saturated heterocycles. The lowest BCUT2D eigenvalue weighted by atomic mass is 10.1. The number of hydrogen-bond donors (Lipinski definition) is 2. The Morgan fingerprint density at radius 2 is 2.08 bits per heavy atom. The van der Waals surface area contributed by atoms with Crippen LogP contribution in [0.4, 0.5) is 0 Å². The molecule has 0 aromatic heterocycles. The van der Waals surface area contributed by atoms with Crippen LogP contribution in [0, 0.1) is 5.92 Å². The van der Waals surface area contributed by atoms with E-state index in [-0.39, 0.29) is 5.92 Å². The zero-order valence-corrected chi connectivity index (χ0v) is 7.69. The zero-order valence-electron chi connectivity index (χ0n) is 7.69. The normalized spacial score (nSPS) is 19.7. The number of aliphatic hydroxyl groups is 1. The van der Waals surface area contributed by atoms with E-state index in [1.165, 1.54) is 13.8 Å². The van der Waals surface area contributed by atoms with Crippen molar-refractivity contribution in [1.82, 2.24) is 0 Å². The molecule has 5 nitrogen and oxygen atoms in total. The van der Waals surface area contributed by atoms with Gasteiger partial charge in [-0.3, -0.25) is 10.1 Å². The summed E-state index contributed by atoms with van der Waals surface area (Å²) < 4.78 is 4.66. The fourth-order valence-corrected chi connectivity index (χ4v) is 0.712. The van der Waals surface area contributed by atoms with Crippen molar-refractivity contribution in [3.05, 3.63) is 0 Å². The fraction of sp³-hybridized carbons (Fsp3) is 0.875. The highest BCUT2D eigenvalue weighted by Crippen LogP contribution is 2.31. The van der Waals surface area contributed by atoms with Gasteiger partial charge in [0.2, 0.25) is 6.29 Å². The van der Waals surface area contributed by atoms with Gasteiger partial charge in [-0.25, -0.2) is 4.89 Å². The molecule has 76 valence electrons. The Kier molecular flexibility index (Phi) is 2.90. The molecular weight excluding hydrogens is 176 g/mol. The molecule has 2 N–H and O–H groups in total. The van der Waals surface area contributed by atoms with Gasteiger partial charge in [-0.15, -0.1) is 0 Å². The molecule has 1 unspecified atom stereocenters. The Labute approximate surface area is 76.2 Å². The Morgan fingerprint density at radius 3 is 2.46 bits per heavy atom. The SMILES string of the molecule is CC(C)(OO)C(O)OC(=O)C1CC1. The van der Waals surface area contributed by atoms with E-state index in [1.807, 2.05) is 0 Å². The van der Waals surface area contributed by atoms with E-state index in [0.717, 1.165) is 12.8 Å². The number of carbonyl (C=O) groups excluding carboxylic acids is 1. The van der Waals surface area contributed by atoms with Crippen molar-refractivity contribution in [2.75, 3.05) is 0 Å². The molecule has 1 aliphatic rings. The monoisotopic (exact) mass is 190 g/mol. The van der Waals surface area contributed by atoms with Crippen molar-refractivity contribution in [1.29, 1.82) is 0 Å². The Morgan fingerprint density at radius 1 is 1.54 bits per heavy atom. The third-order valence-corrected chi connectivity index (χ3v) is 1.97. The van der Waals surface area contributed by atoms with Gasteiger partial charge in [0.05, 0.1) is 5.92 Å². The molecule has 0 radical (unpaired) electrons. The molecule has 0 heterocycles. The minimum absolute atomic E-state index is 0.0795. The van der Waals surface area contributed by atoms with Gasteiger partial charge in [0.25, 0.3) is 0 Å². The fourth-order valence-electron chi connectivity index (χ4n) is 0.712. The summed E-state index contributed by atoms with van der Waals surface area (Å²) in [6.07, 6.45) is 0.184. The molecule has 1 aliphatic carbocycles. The standard InChI is InChI=1S/C8H14O5/c1-8(2,13-11)7(10)12-6(9)5-3-4-5/h5,7,10-11H,3-4H2,1-2H3. The predicted octanol–water partition coefficient (Wildman–Crippen LogP) is 0.526. The second-order valence-corrected chi connectivity index (χ2v) is 3.76. The van der Waals surface area contributed by atoms with Gasteiger partial charge in [-0.1, -0.05) is 0 Å². The van der Waals surface area contributed by atoms with E-state index >= 15 is 0 Å². The molecule has 0 aliphatic heterocycles. The van der Waals surface area contributed by atoms with Crippen LogP contribution in [0.2, 0.25) is 0 Å². The van der Waals surface area contributed by atoms with Gasteiger partial charge in [0, 0.05) is 0 Å². The van der Waals surface area contributed by atoms with Gasteiger partial charge in [-0.05, 0) is 26.7 Å². The topological polar surface area (TPSA) is 76.0 Å². The minimum Gasteiger partial charge on any atom is -0.432 e. The number of ether oxygens (including phenoxy) is 1. The first-order valence-electron chi connectivity index (χ1n) is 4.18. The maximum Gasteiger partial charge on any atom is 0.311 e. The number of carbonyl (C=O) groups is 1.